The van der Waals surface area contributed by atoms with E-state index in [1.165, 1.54) is 6.20 Å². The third-order valence-corrected chi connectivity index (χ3v) is 1.95. The molecule has 17 heavy (non-hydrogen) atoms. The van der Waals surface area contributed by atoms with E-state index in [1.54, 1.807) is 12.1 Å². The van der Waals surface area contributed by atoms with Gasteiger partial charge in [0.25, 0.3) is 0 Å². The predicted molar refractivity (Wildman–Crippen MR) is 68.2 cm³/mol. The smallest absolute Gasteiger partial charge is 0.340 e. The minimum atomic E-state index is -0.476. The molecule has 0 aliphatic rings. The lowest BCUT2D eigenvalue weighted by Crippen LogP contribution is -2.24. The van der Waals surface area contributed by atoms with Crippen molar-refractivity contribution in [2.75, 3.05) is 11.9 Å². The molecule has 0 aliphatic heterocycles. The maximum Gasteiger partial charge on any atom is 0.340 e. The van der Waals surface area contributed by atoms with Crippen molar-refractivity contribution in [3.8, 4) is 0 Å². The van der Waals surface area contributed by atoms with E-state index in [1.807, 2.05) is 20.8 Å². The van der Waals surface area contributed by atoms with Gasteiger partial charge in [0.05, 0.1) is 5.56 Å². The number of aromatic nitrogens is 1. The molecule has 0 unspecified atom stereocenters. The molecule has 94 valence electrons. The summed E-state index contributed by atoms with van der Waals surface area (Å²) in [4.78, 5) is 15.9. The molecule has 0 aliphatic carbocycles. The molecule has 1 aromatic heterocycles. The summed E-state index contributed by atoms with van der Waals surface area (Å²) in [5.41, 5.74) is -0.00193. The molecule has 1 N–H and O–H groups in total. The van der Waals surface area contributed by atoms with Gasteiger partial charge in [-0.3, -0.25) is 0 Å². The summed E-state index contributed by atoms with van der Waals surface area (Å²) >= 11 is 0. The lowest BCUT2D eigenvalue weighted by Gasteiger charge is -2.19. The van der Waals surface area contributed by atoms with Crippen molar-refractivity contribution in [3.63, 3.8) is 0 Å². The average Bonchev–Trinajstić information content (AvgIpc) is 2.24. The SMILES string of the molecule is CCCNc1ccc(C(=O)OC(C)(C)C)cn1. The van der Waals surface area contributed by atoms with Gasteiger partial charge in [-0.15, -0.1) is 0 Å². The summed E-state index contributed by atoms with van der Waals surface area (Å²) < 4.78 is 5.25. The van der Waals surface area contributed by atoms with Crippen molar-refractivity contribution in [3.05, 3.63) is 23.9 Å². The van der Waals surface area contributed by atoms with Crippen LogP contribution in [0.2, 0.25) is 0 Å². The number of carbonyl (C=O) groups is 1. The Hall–Kier alpha value is -1.58. The molecule has 0 spiro atoms. The highest BCUT2D eigenvalue weighted by atomic mass is 16.6. The molecular weight excluding hydrogens is 216 g/mol. The summed E-state index contributed by atoms with van der Waals surface area (Å²) in [5, 5.41) is 3.15. The van der Waals surface area contributed by atoms with E-state index in [0.717, 1.165) is 18.8 Å². The molecular formula is C13H20N2O2. The van der Waals surface area contributed by atoms with Crippen LogP contribution < -0.4 is 5.32 Å². The van der Waals surface area contributed by atoms with Crippen LogP contribution in [0.25, 0.3) is 0 Å². The summed E-state index contributed by atoms with van der Waals surface area (Å²) in [7, 11) is 0. The monoisotopic (exact) mass is 236 g/mol. The van der Waals surface area contributed by atoms with E-state index in [-0.39, 0.29) is 5.97 Å². The minimum absolute atomic E-state index is 0.341. The number of nitrogens with zero attached hydrogens (tertiary/aromatic N) is 1. The molecule has 4 heteroatoms. The van der Waals surface area contributed by atoms with Crippen LogP contribution in [0.15, 0.2) is 18.3 Å². The largest absolute Gasteiger partial charge is 0.456 e. The molecule has 1 aromatic rings. The molecule has 4 nitrogen and oxygen atoms in total. The van der Waals surface area contributed by atoms with Gasteiger partial charge in [0.15, 0.2) is 0 Å². The first-order chi connectivity index (χ1) is 7.92. The number of rotatable bonds is 4. The number of anilines is 1. The molecule has 0 bridgehead atoms. The highest BCUT2D eigenvalue weighted by Crippen LogP contribution is 2.12. The highest BCUT2D eigenvalue weighted by molar-refractivity contribution is 5.89. The fourth-order valence-corrected chi connectivity index (χ4v) is 1.21. The molecule has 0 fully saturated rings. The van der Waals surface area contributed by atoms with Gasteiger partial charge in [-0.2, -0.15) is 0 Å². The quantitative estimate of drug-likeness (QED) is 0.817. The van der Waals surface area contributed by atoms with Crippen molar-refractivity contribution < 1.29 is 9.53 Å². The Morgan fingerprint density at radius 2 is 2.12 bits per heavy atom. The third-order valence-electron chi connectivity index (χ3n) is 1.95. The number of nitrogens with one attached hydrogen (secondary N) is 1. The minimum Gasteiger partial charge on any atom is -0.456 e. The van der Waals surface area contributed by atoms with Gasteiger partial charge in [0.1, 0.15) is 11.4 Å². The Morgan fingerprint density at radius 1 is 1.41 bits per heavy atom. The van der Waals surface area contributed by atoms with E-state index in [0.29, 0.717) is 5.56 Å². The Kier molecular flexibility index (Phi) is 4.49. The van der Waals surface area contributed by atoms with Crippen LogP contribution in [0, 0.1) is 0 Å². The zero-order valence-electron chi connectivity index (χ0n) is 10.9. The topological polar surface area (TPSA) is 51.2 Å². The van der Waals surface area contributed by atoms with Crippen LogP contribution in [0.4, 0.5) is 5.82 Å². The van der Waals surface area contributed by atoms with E-state index in [2.05, 4.69) is 17.2 Å². The Bertz CT molecular complexity index is 366. The average molecular weight is 236 g/mol. The zero-order chi connectivity index (χ0) is 12.9. The van der Waals surface area contributed by atoms with Crippen molar-refractivity contribution in [2.24, 2.45) is 0 Å². The van der Waals surface area contributed by atoms with Gasteiger partial charge in [0, 0.05) is 12.7 Å². The molecule has 1 heterocycles. The second-order valence-electron chi connectivity index (χ2n) is 4.86. The van der Waals surface area contributed by atoms with Crippen molar-refractivity contribution in [1.29, 1.82) is 0 Å². The standard InChI is InChI=1S/C13H20N2O2/c1-5-8-14-11-7-6-10(9-15-11)12(16)17-13(2,3)4/h6-7,9H,5,8H2,1-4H3,(H,14,15). The fourth-order valence-electron chi connectivity index (χ4n) is 1.21. The second kappa shape index (κ2) is 5.66. The van der Waals surface area contributed by atoms with Gasteiger partial charge >= 0.3 is 5.97 Å². The van der Waals surface area contributed by atoms with Crippen molar-refractivity contribution in [1.82, 2.24) is 4.98 Å². The van der Waals surface area contributed by atoms with Crippen LogP contribution in [0.5, 0.6) is 0 Å². The normalized spacial score (nSPS) is 11.1. The van der Waals surface area contributed by atoms with E-state index in [9.17, 15) is 4.79 Å². The maximum absolute atomic E-state index is 11.7. The number of esters is 1. The second-order valence-corrected chi connectivity index (χ2v) is 4.86. The molecule has 0 atom stereocenters. The van der Waals surface area contributed by atoms with Gasteiger partial charge < -0.3 is 10.1 Å². The van der Waals surface area contributed by atoms with E-state index >= 15 is 0 Å². The number of pyridine rings is 1. The van der Waals surface area contributed by atoms with Gasteiger partial charge in [-0.05, 0) is 39.3 Å². The number of hydrogen-bond acceptors (Lipinski definition) is 4. The Balaban J connectivity index is 2.64. The summed E-state index contributed by atoms with van der Waals surface area (Å²) in [5.74, 6) is 0.436. The molecule has 0 aromatic carbocycles. The maximum atomic E-state index is 11.7. The molecule has 0 saturated carbocycles. The molecule has 1 rings (SSSR count). The first kappa shape index (κ1) is 13.5. The van der Waals surface area contributed by atoms with Crippen LogP contribution in [-0.4, -0.2) is 23.1 Å². The van der Waals surface area contributed by atoms with Crippen LogP contribution in [0.1, 0.15) is 44.5 Å². The van der Waals surface area contributed by atoms with E-state index < -0.39 is 5.60 Å². The lowest BCUT2D eigenvalue weighted by atomic mass is 10.2. The predicted octanol–water partition coefficient (Wildman–Crippen LogP) is 2.86. The van der Waals surface area contributed by atoms with Gasteiger partial charge in [-0.25, -0.2) is 9.78 Å². The van der Waals surface area contributed by atoms with Gasteiger partial charge in [-0.1, -0.05) is 6.92 Å². The first-order valence-electron chi connectivity index (χ1n) is 5.85. The number of hydrogen-bond donors (Lipinski definition) is 1. The molecule has 0 saturated heterocycles. The third kappa shape index (κ3) is 4.85. The van der Waals surface area contributed by atoms with Crippen molar-refractivity contribution in [2.45, 2.75) is 39.7 Å². The first-order valence-corrected chi connectivity index (χ1v) is 5.85. The highest BCUT2D eigenvalue weighted by Gasteiger charge is 2.17. The van der Waals surface area contributed by atoms with Crippen molar-refractivity contribution >= 4 is 11.8 Å². The van der Waals surface area contributed by atoms with E-state index in [4.69, 9.17) is 4.74 Å². The summed E-state index contributed by atoms with van der Waals surface area (Å²) in [6.45, 7) is 8.49. The fraction of sp³-hybridized carbons (Fsp3) is 0.538. The summed E-state index contributed by atoms with van der Waals surface area (Å²) in [6, 6.07) is 3.51. The van der Waals surface area contributed by atoms with Crippen LogP contribution >= 0.6 is 0 Å². The Morgan fingerprint density at radius 3 is 2.59 bits per heavy atom. The van der Waals surface area contributed by atoms with Crippen LogP contribution in [0.3, 0.4) is 0 Å². The molecule has 0 radical (unpaired) electrons. The van der Waals surface area contributed by atoms with Gasteiger partial charge in [0.2, 0.25) is 0 Å². The Labute approximate surface area is 102 Å². The summed E-state index contributed by atoms with van der Waals surface area (Å²) in [6.07, 6.45) is 2.57. The number of ether oxygens (including phenoxy) is 1. The zero-order valence-corrected chi connectivity index (χ0v) is 10.9. The molecule has 0 amide bonds. The van der Waals surface area contributed by atoms with Crippen LogP contribution in [-0.2, 0) is 4.74 Å². The number of carbonyl (C=O) groups excluding carboxylic acids is 1. The lowest BCUT2D eigenvalue weighted by molar-refractivity contribution is 0.00691.